The molecule has 2 aromatic heterocycles. The number of rotatable bonds is 3. The summed E-state index contributed by atoms with van der Waals surface area (Å²) in [6.07, 6.45) is 0.792. The van der Waals surface area contributed by atoms with E-state index in [1.165, 1.54) is 0 Å². The van der Waals surface area contributed by atoms with Gasteiger partial charge in [-0.1, -0.05) is 16.8 Å². The summed E-state index contributed by atoms with van der Waals surface area (Å²) >= 11 is 5.86. The average molecular weight is 302 g/mol. The van der Waals surface area contributed by atoms with Crippen molar-refractivity contribution >= 4 is 17.9 Å². The maximum atomic E-state index is 11.2. The average Bonchev–Trinajstić information content (AvgIpc) is 3.03. The van der Waals surface area contributed by atoms with Crippen LogP contribution in [-0.2, 0) is 0 Å². The van der Waals surface area contributed by atoms with E-state index in [0.29, 0.717) is 27.9 Å². The summed E-state index contributed by atoms with van der Waals surface area (Å²) in [5, 5.41) is 4.60. The Morgan fingerprint density at radius 2 is 1.90 bits per heavy atom. The molecule has 0 aliphatic carbocycles. The summed E-state index contributed by atoms with van der Waals surface area (Å²) in [5.74, 6) is 0.778. The third-order valence-electron chi connectivity index (χ3n) is 3.28. The van der Waals surface area contributed by atoms with Crippen LogP contribution in [-0.4, -0.2) is 21.4 Å². The fourth-order valence-electron chi connectivity index (χ4n) is 2.26. The highest BCUT2D eigenvalue weighted by Gasteiger charge is 2.19. The Bertz CT molecular complexity index is 803. The van der Waals surface area contributed by atoms with Crippen LogP contribution in [0.15, 0.2) is 28.8 Å². The summed E-state index contributed by atoms with van der Waals surface area (Å²) < 4.78 is 5.30. The molecule has 0 aliphatic rings. The van der Waals surface area contributed by atoms with Crippen molar-refractivity contribution in [1.82, 2.24) is 15.1 Å². The molecule has 6 heteroatoms. The van der Waals surface area contributed by atoms with Crippen LogP contribution in [0.4, 0.5) is 0 Å². The number of hydrogen-bond donors (Lipinski definition) is 1. The fraction of sp³-hybridized carbons (Fsp3) is 0.133. The molecule has 0 aliphatic heterocycles. The number of aldehydes is 1. The van der Waals surface area contributed by atoms with Crippen LogP contribution in [0, 0.1) is 13.8 Å². The highest BCUT2D eigenvalue weighted by Crippen LogP contribution is 2.29. The minimum absolute atomic E-state index is 0.323. The molecular weight excluding hydrogens is 290 g/mol. The number of nitrogens with zero attached hydrogens (tertiary/aromatic N) is 2. The fourth-order valence-corrected chi connectivity index (χ4v) is 2.39. The molecule has 0 unspecified atom stereocenters. The molecule has 0 saturated carbocycles. The van der Waals surface area contributed by atoms with Crippen LogP contribution in [0.2, 0.25) is 5.02 Å². The Kier molecular flexibility index (Phi) is 3.35. The van der Waals surface area contributed by atoms with Crippen molar-refractivity contribution in [3.05, 3.63) is 46.2 Å². The van der Waals surface area contributed by atoms with E-state index >= 15 is 0 Å². The summed E-state index contributed by atoms with van der Waals surface area (Å²) in [4.78, 5) is 18.7. The number of carbonyl (C=O) groups excluding carboxylic acids is 1. The maximum absolute atomic E-state index is 11.2. The summed E-state index contributed by atoms with van der Waals surface area (Å²) in [7, 11) is 0. The van der Waals surface area contributed by atoms with Crippen molar-refractivity contribution in [2.45, 2.75) is 13.8 Å². The number of aromatic amines is 1. The van der Waals surface area contributed by atoms with Crippen molar-refractivity contribution in [2.75, 3.05) is 0 Å². The molecule has 0 spiro atoms. The molecule has 3 aromatic rings. The second-order valence-electron chi connectivity index (χ2n) is 4.71. The van der Waals surface area contributed by atoms with Crippen LogP contribution >= 0.6 is 11.6 Å². The zero-order chi connectivity index (χ0) is 15.0. The van der Waals surface area contributed by atoms with Gasteiger partial charge in [-0.15, -0.1) is 0 Å². The van der Waals surface area contributed by atoms with Crippen molar-refractivity contribution in [2.24, 2.45) is 0 Å². The lowest BCUT2D eigenvalue weighted by Crippen LogP contribution is -1.86. The van der Waals surface area contributed by atoms with E-state index in [4.69, 9.17) is 16.1 Å². The Morgan fingerprint density at radius 1 is 1.19 bits per heavy atom. The van der Waals surface area contributed by atoms with Gasteiger partial charge in [0.15, 0.2) is 6.29 Å². The number of halogens is 1. The van der Waals surface area contributed by atoms with Crippen molar-refractivity contribution in [3.8, 4) is 22.8 Å². The first kappa shape index (κ1) is 13.6. The summed E-state index contributed by atoms with van der Waals surface area (Å²) in [5.41, 5.74) is 3.59. The normalized spacial score (nSPS) is 10.8. The van der Waals surface area contributed by atoms with Gasteiger partial charge in [-0.25, -0.2) is 0 Å². The topological polar surface area (TPSA) is 71.8 Å². The lowest BCUT2D eigenvalue weighted by Gasteiger charge is -1.94. The minimum atomic E-state index is 0.323. The Morgan fingerprint density at radius 3 is 2.57 bits per heavy atom. The lowest BCUT2D eigenvalue weighted by molar-refractivity contribution is 0.112. The first-order valence-corrected chi connectivity index (χ1v) is 6.72. The first-order valence-electron chi connectivity index (χ1n) is 6.34. The van der Waals surface area contributed by atoms with Crippen LogP contribution in [0.3, 0.4) is 0 Å². The molecule has 3 rings (SSSR count). The highest BCUT2D eigenvalue weighted by atomic mass is 35.5. The molecule has 1 N–H and O–H groups in total. The molecule has 5 nitrogen and oxygen atoms in total. The highest BCUT2D eigenvalue weighted by molar-refractivity contribution is 6.30. The number of aromatic nitrogens is 3. The second-order valence-corrected chi connectivity index (χ2v) is 5.15. The number of nitrogens with one attached hydrogen (secondary N) is 1. The molecule has 0 saturated heterocycles. The summed E-state index contributed by atoms with van der Waals surface area (Å²) in [6, 6.07) is 7.14. The third-order valence-corrected chi connectivity index (χ3v) is 3.54. The van der Waals surface area contributed by atoms with Gasteiger partial charge < -0.3 is 9.51 Å². The number of hydrogen-bond acceptors (Lipinski definition) is 4. The van der Waals surface area contributed by atoms with Crippen LogP contribution in [0.25, 0.3) is 22.8 Å². The SMILES string of the molecule is Cc1[nH]c(C)c(-c2nc(-c3ccc(Cl)cc3)no2)c1C=O. The Hall–Kier alpha value is -2.40. The molecule has 2 heterocycles. The molecule has 1 aromatic carbocycles. The van der Waals surface area contributed by atoms with Gasteiger partial charge in [-0.05, 0) is 38.1 Å². The van der Waals surface area contributed by atoms with E-state index in [9.17, 15) is 4.79 Å². The number of carbonyl (C=O) groups is 1. The van der Waals surface area contributed by atoms with Crippen molar-refractivity contribution < 1.29 is 9.32 Å². The van der Waals surface area contributed by atoms with Gasteiger partial charge in [0, 0.05) is 27.5 Å². The smallest absolute Gasteiger partial charge is 0.260 e. The van der Waals surface area contributed by atoms with Crippen LogP contribution < -0.4 is 0 Å². The van der Waals surface area contributed by atoms with E-state index in [0.717, 1.165) is 23.2 Å². The van der Waals surface area contributed by atoms with E-state index in [1.54, 1.807) is 12.1 Å². The first-order chi connectivity index (χ1) is 10.1. The number of H-pyrrole nitrogens is 1. The minimum Gasteiger partial charge on any atom is -0.361 e. The quantitative estimate of drug-likeness (QED) is 0.747. The van der Waals surface area contributed by atoms with Gasteiger partial charge in [0.1, 0.15) is 0 Å². The largest absolute Gasteiger partial charge is 0.361 e. The summed E-state index contributed by atoms with van der Waals surface area (Å²) in [6.45, 7) is 3.69. The molecule has 0 radical (unpaired) electrons. The van der Waals surface area contributed by atoms with Crippen molar-refractivity contribution in [3.63, 3.8) is 0 Å². The van der Waals surface area contributed by atoms with Gasteiger partial charge in [-0.3, -0.25) is 4.79 Å². The van der Waals surface area contributed by atoms with E-state index in [2.05, 4.69) is 15.1 Å². The van der Waals surface area contributed by atoms with E-state index in [-0.39, 0.29) is 0 Å². The van der Waals surface area contributed by atoms with Gasteiger partial charge in [0.2, 0.25) is 5.82 Å². The Balaban J connectivity index is 2.06. The molecular formula is C15H12ClN3O2. The van der Waals surface area contributed by atoms with Gasteiger partial charge >= 0.3 is 0 Å². The molecule has 0 bridgehead atoms. The maximum Gasteiger partial charge on any atom is 0.260 e. The number of benzene rings is 1. The van der Waals surface area contributed by atoms with Gasteiger partial charge in [0.05, 0.1) is 5.56 Å². The van der Waals surface area contributed by atoms with Crippen LogP contribution in [0.1, 0.15) is 21.7 Å². The standard InChI is InChI=1S/C15H12ClN3O2/c1-8-12(7-20)13(9(2)17-8)15-18-14(19-21-15)10-3-5-11(16)6-4-10/h3-7,17H,1-2H3. The zero-order valence-electron chi connectivity index (χ0n) is 11.5. The van der Waals surface area contributed by atoms with Crippen molar-refractivity contribution in [1.29, 1.82) is 0 Å². The van der Waals surface area contributed by atoms with Crippen LogP contribution in [0.5, 0.6) is 0 Å². The Labute approximate surface area is 125 Å². The third kappa shape index (κ3) is 2.36. The van der Waals surface area contributed by atoms with Gasteiger partial charge in [0.25, 0.3) is 5.89 Å². The molecule has 21 heavy (non-hydrogen) atoms. The molecule has 106 valence electrons. The second kappa shape index (κ2) is 5.18. The van der Waals surface area contributed by atoms with Gasteiger partial charge in [-0.2, -0.15) is 4.98 Å². The number of aryl methyl sites for hydroxylation is 2. The molecule has 0 fully saturated rings. The predicted molar refractivity (Wildman–Crippen MR) is 79.4 cm³/mol. The van der Waals surface area contributed by atoms with E-state index in [1.807, 2.05) is 26.0 Å². The predicted octanol–water partition coefficient (Wildman–Crippen LogP) is 3.81. The zero-order valence-corrected chi connectivity index (χ0v) is 12.2. The lowest BCUT2D eigenvalue weighted by atomic mass is 10.1. The molecule has 0 atom stereocenters. The molecule has 0 amide bonds. The van der Waals surface area contributed by atoms with E-state index < -0.39 is 0 Å². The monoisotopic (exact) mass is 301 g/mol.